The van der Waals surface area contributed by atoms with Crippen molar-refractivity contribution >= 4 is 34.6 Å². The maximum Gasteiger partial charge on any atom is 0.253 e. The highest BCUT2D eigenvalue weighted by Gasteiger charge is 2.31. The molecule has 1 atom stereocenters. The monoisotopic (exact) mass is 469 g/mol. The Hall–Kier alpha value is -3.84. The number of carbonyl (C=O) groups excluding carboxylic acids is 3. The first-order valence-electron chi connectivity index (χ1n) is 12.0. The summed E-state index contributed by atoms with van der Waals surface area (Å²) in [6.07, 6.45) is 4.57. The fourth-order valence-corrected chi connectivity index (χ4v) is 4.50. The van der Waals surface area contributed by atoms with Crippen LogP contribution in [0.5, 0.6) is 0 Å². The molecular formula is C28H27N3O4. The number of piperazine rings is 1. The van der Waals surface area contributed by atoms with Gasteiger partial charge >= 0.3 is 0 Å². The predicted octanol–water partition coefficient (Wildman–Crippen LogP) is 3.59. The summed E-state index contributed by atoms with van der Waals surface area (Å²) in [7, 11) is 0. The molecule has 3 heterocycles. The maximum atomic E-state index is 12.9. The quantitative estimate of drug-likeness (QED) is 0.421. The number of hydrogen-bond donors (Lipinski definition) is 0. The molecule has 2 aliphatic heterocycles. The third-order valence-corrected chi connectivity index (χ3v) is 6.53. The molecule has 2 aliphatic rings. The second-order valence-electron chi connectivity index (χ2n) is 8.82. The van der Waals surface area contributed by atoms with E-state index in [0.29, 0.717) is 49.6 Å². The molecule has 0 radical (unpaired) electrons. The predicted molar refractivity (Wildman–Crippen MR) is 133 cm³/mol. The van der Waals surface area contributed by atoms with Crippen molar-refractivity contribution in [3.8, 4) is 0 Å². The Bertz CT molecular complexity index is 1270. The van der Waals surface area contributed by atoms with Crippen LogP contribution in [0.2, 0.25) is 0 Å². The van der Waals surface area contributed by atoms with Crippen LogP contribution in [-0.2, 0) is 9.53 Å². The lowest BCUT2D eigenvalue weighted by Crippen LogP contribution is -2.52. The number of allylic oxidation sites excluding steroid dienone is 1. The molecule has 35 heavy (non-hydrogen) atoms. The van der Waals surface area contributed by atoms with Crippen molar-refractivity contribution in [3.05, 3.63) is 83.6 Å². The number of hydrogen-bond acceptors (Lipinski definition) is 5. The summed E-state index contributed by atoms with van der Waals surface area (Å²) in [6.45, 7) is 2.63. The van der Waals surface area contributed by atoms with Crippen LogP contribution in [0.3, 0.4) is 0 Å². The van der Waals surface area contributed by atoms with E-state index in [4.69, 9.17) is 4.74 Å². The minimum atomic E-state index is -0.326. The van der Waals surface area contributed by atoms with Crippen molar-refractivity contribution in [1.29, 1.82) is 0 Å². The Kier molecular flexibility index (Phi) is 6.68. The number of para-hydroxylation sites is 1. The lowest BCUT2D eigenvalue weighted by molar-refractivity contribution is -0.142. The van der Waals surface area contributed by atoms with E-state index in [2.05, 4.69) is 4.98 Å². The normalized spacial score (nSPS) is 18.3. The largest absolute Gasteiger partial charge is 0.368 e. The summed E-state index contributed by atoms with van der Waals surface area (Å²) in [4.78, 5) is 46.1. The summed E-state index contributed by atoms with van der Waals surface area (Å²) in [5.41, 5.74) is 2.62. The van der Waals surface area contributed by atoms with Gasteiger partial charge in [-0.2, -0.15) is 0 Å². The summed E-state index contributed by atoms with van der Waals surface area (Å²) in [5, 5.41) is 1.05. The molecule has 3 aromatic rings. The SMILES string of the molecule is O=C(C=Cc1ccc2ccccc2n1)c1ccc(C(=O)N2CCN(C(=O)C3CCCO3)CC2)cc1. The molecule has 1 aromatic heterocycles. The molecule has 7 nitrogen and oxygen atoms in total. The number of rotatable bonds is 5. The maximum absolute atomic E-state index is 12.9. The Morgan fingerprint density at radius 3 is 2.31 bits per heavy atom. The summed E-state index contributed by atoms with van der Waals surface area (Å²) < 4.78 is 5.49. The van der Waals surface area contributed by atoms with Gasteiger partial charge in [-0.25, -0.2) is 4.98 Å². The number of benzene rings is 2. The van der Waals surface area contributed by atoms with Gasteiger partial charge in [-0.15, -0.1) is 0 Å². The Morgan fingerprint density at radius 2 is 1.57 bits per heavy atom. The van der Waals surface area contributed by atoms with E-state index in [1.807, 2.05) is 36.4 Å². The molecule has 0 N–H and O–H groups in total. The van der Waals surface area contributed by atoms with E-state index >= 15 is 0 Å². The van der Waals surface area contributed by atoms with Crippen LogP contribution in [-0.4, -0.2) is 71.3 Å². The summed E-state index contributed by atoms with van der Waals surface area (Å²) in [5.74, 6) is -0.214. The number of ketones is 1. The summed E-state index contributed by atoms with van der Waals surface area (Å²) >= 11 is 0. The molecule has 0 aliphatic carbocycles. The zero-order chi connectivity index (χ0) is 24.2. The number of ether oxygens (including phenoxy) is 1. The van der Waals surface area contributed by atoms with Crippen molar-refractivity contribution in [3.63, 3.8) is 0 Å². The number of aromatic nitrogens is 1. The highest BCUT2D eigenvalue weighted by molar-refractivity contribution is 6.07. The minimum Gasteiger partial charge on any atom is -0.368 e. The molecule has 2 fully saturated rings. The average molecular weight is 470 g/mol. The van der Waals surface area contributed by atoms with Gasteiger partial charge in [0.2, 0.25) is 0 Å². The van der Waals surface area contributed by atoms with Crippen LogP contribution < -0.4 is 0 Å². The number of amides is 2. The average Bonchev–Trinajstić information content (AvgIpc) is 3.46. The zero-order valence-electron chi connectivity index (χ0n) is 19.4. The van der Waals surface area contributed by atoms with Crippen LogP contribution in [0.25, 0.3) is 17.0 Å². The molecule has 5 rings (SSSR count). The van der Waals surface area contributed by atoms with Crippen LogP contribution in [0.1, 0.15) is 39.3 Å². The van der Waals surface area contributed by atoms with E-state index in [0.717, 1.165) is 23.7 Å². The van der Waals surface area contributed by atoms with Crippen LogP contribution >= 0.6 is 0 Å². The Balaban J connectivity index is 1.17. The number of pyridine rings is 1. The molecule has 2 saturated heterocycles. The highest BCUT2D eigenvalue weighted by Crippen LogP contribution is 2.17. The topological polar surface area (TPSA) is 79.8 Å². The van der Waals surface area contributed by atoms with E-state index in [9.17, 15) is 14.4 Å². The van der Waals surface area contributed by atoms with Crippen molar-refractivity contribution in [1.82, 2.24) is 14.8 Å². The van der Waals surface area contributed by atoms with Crippen molar-refractivity contribution in [2.75, 3.05) is 32.8 Å². The fourth-order valence-electron chi connectivity index (χ4n) is 4.50. The molecule has 178 valence electrons. The van der Waals surface area contributed by atoms with Gasteiger partial charge in [0.1, 0.15) is 6.10 Å². The third kappa shape index (κ3) is 5.15. The molecule has 1 unspecified atom stereocenters. The standard InChI is InChI=1S/C28H27N3O4/c32-25(14-13-23-12-11-20-4-1-2-5-24(20)29-23)21-7-9-22(10-8-21)27(33)30-15-17-31(18-16-30)28(34)26-6-3-19-35-26/h1-2,4-5,7-14,26H,3,6,15-19H2. The van der Waals surface area contributed by atoms with Gasteiger partial charge < -0.3 is 14.5 Å². The van der Waals surface area contributed by atoms with Crippen molar-refractivity contribution in [2.24, 2.45) is 0 Å². The molecule has 0 bridgehead atoms. The molecule has 0 spiro atoms. The lowest BCUT2D eigenvalue weighted by Gasteiger charge is -2.35. The van der Waals surface area contributed by atoms with Gasteiger partial charge in [-0.1, -0.05) is 36.4 Å². The zero-order valence-corrected chi connectivity index (χ0v) is 19.4. The van der Waals surface area contributed by atoms with Gasteiger partial charge in [0.25, 0.3) is 11.8 Å². The number of fused-ring (bicyclic) bond motifs is 1. The lowest BCUT2D eigenvalue weighted by atomic mass is 10.1. The first-order valence-corrected chi connectivity index (χ1v) is 12.0. The van der Waals surface area contributed by atoms with E-state index in [1.54, 1.807) is 40.1 Å². The van der Waals surface area contributed by atoms with E-state index < -0.39 is 0 Å². The molecule has 7 heteroatoms. The molecule has 0 saturated carbocycles. The smallest absolute Gasteiger partial charge is 0.253 e. The van der Waals surface area contributed by atoms with Crippen molar-refractivity contribution < 1.29 is 19.1 Å². The first kappa shape index (κ1) is 22.9. The van der Waals surface area contributed by atoms with Crippen LogP contribution in [0, 0.1) is 0 Å². The minimum absolute atomic E-state index is 0.0319. The van der Waals surface area contributed by atoms with E-state index in [-0.39, 0.29) is 23.7 Å². The molecule has 2 amide bonds. The number of carbonyl (C=O) groups is 3. The van der Waals surface area contributed by atoms with Crippen molar-refractivity contribution in [2.45, 2.75) is 18.9 Å². The Morgan fingerprint density at radius 1 is 0.857 bits per heavy atom. The molecule has 2 aromatic carbocycles. The second kappa shape index (κ2) is 10.2. The first-order chi connectivity index (χ1) is 17.1. The highest BCUT2D eigenvalue weighted by atomic mass is 16.5. The van der Waals surface area contributed by atoms with Crippen LogP contribution in [0.15, 0.2) is 66.7 Å². The molecular weight excluding hydrogens is 442 g/mol. The third-order valence-electron chi connectivity index (χ3n) is 6.53. The van der Waals surface area contributed by atoms with Gasteiger partial charge in [-0.05, 0) is 49.3 Å². The Labute approximate surface area is 204 Å². The number of nitrogens with zero attached hydrogens (tertiary/aromatic N) is 3. The van der Waals surface area contributed by atoms with E-state index in [1.165, 1.54) is 6.08 Å². The second-order valence-corrected chi connectivity index (χ2v) is 8.82. The van der Waals surface area contributed by atoms with Gasteiger partial charge in [0, 0.05) is 49.3 Å². The fraction of sp³-hybridized carbons (Fsp3) is 0.286. The van der Waals surface area contributed by atoms with Gasteiger partial charge in [0.15, 0.2) is 5.78 Å². The summed E-state index contributed by atoms with van der Waals surface area (Å²) in [6, 6.07) is 18.4. The van der Waals surface area contributed by atoms with Crippen LogP contribution in [0.4, 0.5) is 0 Å². The van der Waals surface area contributed by atoms with Gasteiger partial charge in [-0.3, -0.25) is 14.4 Å². The van der Waals surface area contributed by atoms with Gasteiger partial charge in [0.05, 0.1) is 11.2 Å².